The number of fused-ring (bicyclic) bond motifs is 1. The summed E-state index contributed by atoms with van der Waals surface area (Å²) in [6, 6.07) is 0.318. The molecule has 2 aromatic heterocycles. The molecule has 0 bridgehead atoms. The van der Waals surface area contributed by atoms with Crippen molar-refractivity contribution in [3.05, 3.63) is 24.8 Å². The van der Waals surface area contributed by atoms with E-state index < -0.39 is 0 Å². The van der Waals surface area contributed by atoms with Crippen molar-refractivity contribution in [2.24, 2.45) is 5.92 Å². The summed E-state index contributed by atoms with van der Waals surface area (Å²) in [6.07, 6.45) is 8.96. The zero-order valence-corrected chi connectivity index (χ0v) is 12.5. The van der Waals surface area contributed by atoms with Gasteiger partial charge in [-0.25, -0.2) is 15.0 Å². The van der Waals surface area contributed by atoms with Gasteiger partial charge in [0, 0.05) is 5.25 Å². The van der Waals surface area contributed by atoms with Crippen molar-refractivity contribution in [2.75, 3.05) is 11.5 Å². The predicted molar refractivity (Wildman–Crippen MR) is 83.6 cm³/mol. The summed E-state index contributed by atoms with van der Waals surface area (Å²) in [4.78, 5) is 12.6. The molecule has 0 aromatic carbocycles. The highest BCUT2D eigenvalue weighted by molar-refractivity contribution is 8.00. The molecule has 0 spiro atoms. The molecule has 20 heavy (non-hydrogen) atoms. The molecule has 2 heterocycles. The second kappa shape index (κ2) is 5.44. The van der Waals surface area contributed by atoms with Crippen molar-refractivity contribution in [1.82, 2.24) is 19.5 Å². The number of aromatic nitrogens is 4. The van der Waals surface area contributed by atoms with Crippen LogP contribution >= 0.6 is 11.8 Å². The zero-order chi connectivity index (χ0) is 14.1. The van der Waals surface area contributed by atoms with Crippen LogP contribution in [0, 0.1) is 5.92 Å². The van der Waals surface area contributed by atoms with Gasteiger partial charge in [0.25, 0.3) is 0 Å². The van der Waals surface area contributed by atoms with Crippen LogP contribution in [0.15, 0.2) is 24.8 Å². The normalized spacial score (nSPS) is 22.1. The molecule has 2 atom stereocenters. The van der Waals surface area contributed by atoms with Crippen molar-refractivity contribution >= 4 is 28.7 Å². The number of allylic oxidation sites excluding steroid dienone is 1. The van der Waals surface area contributed by atoms with Crippen LogP contribution in [0.5, 0.6) is 0 Å². The van der Waals surface area contributed by atoms with E-state index in [2.05, 4.69) is 45.5 Å². The Morgan fingerprint density at radius 2 is 2.20 bits per heavy atom. The van der Waals surface area contributed by atoms with Crippen LogP contribution in [0.2, 0.25) is 0 Å². The highest BCUT2D eigenvalue weighted by atomic mass is 32.2. The first kappa shape index (κ1) is 13.4. The van der Waals surface area contributed by atoms with E-state index in [0.717, 1.165) is 18.0 Å². The lowest BCUT2D eigenvalue weighted by atomic mass is 10.2. The lowest BCUT2D eigenvalue weighted by Crippen LogP contribution is -2.08. The minimum absolute atomic E-state index is 0.318. The smallest absolute Gasteiger partial charge is 0.165 e. The number of hydrogen-bond donors (Lipinski definition) is 1. The van der Waals surface area contributed by atoms with Crippen LogP contribution in [0.3, 0.4) is 0 Å². The number of nitrogen functional groups attached to an aromatic ring is 1. The molecule has 106 valence electrons. The fraction of sp³-hybridized carbons (Fsp3) is 0.500. The van der Waals surface area contributed by atoms with Gasteiger partial charge >= 0.3 is 0 Å². The van der Waals surface area contributed by atoms with Crippen LogP contribution in [-0.4, -0.2) is 30.5 Å². The number of thioether (sulfide) groups is 1. The molecule has 0 amide bonds. The van der Waals surface area contributed by atoms with E-state index >= 15 is 0 Å². The van der Waals surface area contributed by atoms with Gasteiger partial charge in [-0.3, -0.25) is 0 Å². The lowest BCUT2D eigenvalue weighted by molar-refractivity contribution is 0.605. The van der Waals surface area contributed by atoms with E-state index in [1.54, 1.807) is 0 Å². The molecular formula is C14H19N5S. The van der Waals surface area contributed by atoms with E-state index in [1.165, 1.54) is 12.1 Å². The Labute approximate surface area is 122 Å². The average molecular weight is 289 g/mol. The SMILES string of the molecule is CC(C)CS[C@@H]1C=C[C@H](n2cnc3c(N)ncnc32)C1. The van der Waals surface area contributed by atoms with Crippen LogP contribution in [0.25, 0.3) is 11.2 Å². The lowest BCUT2D eigenvalue weighted by Gasteiger charge is -2.14. The highest BCUT2D eigenvalue weighted by Crippen LogP contribution is 2.33. The van der Waals surface area contributed by atoms with Gasteiger partial charge in [0.2, 0.25) is 0 Å². The Morgan fingerprint density at radius 3 is 3.00 bits per heavy atom. The Morgan fingerprint density at radius 1 is 1.35 bits per heavy atom. The topological polar surface area (TPSA) is 69.6 Å². The molecule has 1 aliphatic rings. The molecule has 0 radical (unpaired) electrons. The Hall–Kier alpha value is -1.56. The number of imidazole rings is 1. The average Bonchev–Trinajstić information content (AvgIpc) is 3.02. The minimum Gasteiger partial charge on any atom is -0.382 e. The third kappa shape index (κ3) is 2.52. The van der Waals surface area contributed by atoms with Crippen LogP contribution in [-0.2, 0) is 0 Å². The second-order valence-corrected chi connectivity index (χ2v) is 6.81. The van der Waals surface area contributed by atoms with Crippen molar-refractivity contribution in [3.63, 3.8) is 0 Å². The quantitative estimate of drug-likeness (QED) is 0.876. The van der Waals surface area contributed by atoms with Crippen molar-refractivity contribution in [2.45, 2.75) is 31.6 Å². The van der Waals surface area contributed by atoms with E-state index in [-0.39, 0.29) is 0 Å². The fourth-order valence-electron chi connectivity index (χ4n) is 2.41. The largest absolute Gasteiger partial charge is 0.382 e. The van der Waals surface area contributed by atoms with Gasteiger partial charge < -0.3 is 10.3 Å². The van der Waals surface area contributed by atoms with Gasteiger partial charge in [-0.2, -0.15) is 11.8 Å². The third-order valence-corrected chi connectivity index (χ3v) is 5.05. The van der Waals surface area contributed by atoms with Gasteiger partial charge in [0.05, 0.1) is 12.4 Å². The molecule has 0 fully saturated rings. The molecule has 2 N–H and O–H groups in total. The summed E-state index contributed by atoms with van der Waals surface area (Å²) in [5.74, 6) is 2.37. The summed E-state index contributed by atoms with van der Waals surface area (Å²) >= 11 is 2.02. The molecule has 0 aliphatic heterocycles. The number of nitrogens with two attached hydrogens (primary N) is 1. The summed E-state index contributed by atoms with van der Waals surface area (Å²) in [5, 5.41) is 0.582. The first-order valence-electron chi connectivity index (χ1n) is 6.88. The Kier molecular flexibility index (Phi) is 3.65. The molecule has 2 aromatic rings. The summed E-state index contributed by atoms with van der Waals surface area (Å²) < 4.78 is 2.10. The fourth-order valence-corrected chi connectivity index (χ4v) is 3.57. The molecule has 5 nitrogen and oxygen atoms in total. The maximum atomic E-state index is 5.83. The number of nitrogens with zero attached hydrogens (tertiary/aromatic N) is 4. The van der Waals surface area contributed by atoms with Crippen LogP contribution in [0.1, 0.15) is 26.3 Å². The molecule has 0 saturated heterocycles. The van der Waals surface area contributed by atoms with Crippen LogP contribution < -0.4 is 5.73 Å². The monoisotopic (exact) mass is 289 g/mol. The maximum absolute atomic E-state index is 5.83. The van der Waals surface area contributed by atoms with E-state index in [4.69, 9.17) is 5.73 Å². The predicted octanol–water partition coefficient (Wildman–Crippen LogP) is 2.67. The molecular weight excluding hydrogens is 270 g/mol. The van der Waals surface area contributed by atoms with E-state index in [0.29, 0.717) is 22.6 Å². The Bertz CT molecular complexity index is 634. The second-order valence-electron chi connectivity index (χ2n) is 5.54. The first-order valence-corrected chi connectivity index (χ1v) is 7.93. The summed E-state index contributed by atoms with van der Waals surface area (Å²) in [6.45, 7) is 4.51. The molecule has 0 unspecified atom stereocenters. The van der Waals surface area contributed by atoms with Gasteiger partial charge in [0.15, 0.2) is 11.5 Å². The first-order chi connectivity index (χ1) is 9.65. The zero-order valence-electron chi connectivity index (χ0n) is 11.7. The van der Waals surface area contributed by atoms with Gasteiger partial charge in [-0.1, -0.05) is 26.0 Å². The Balaban J connectivity index is 1.77. The number of rotatable bonds is 4. The number of hydrogen-bond acceptors (Lipinski definition) is 5. The third-order valence-electron chi connectivity index (χ3n) is 3.41. The molecule has 3 rings (SSSR count). The molecule has 0 saturated carbocycles. The van der Waals surface area contributed by atoms with Crippen molar-refractivity contribution < 1.29 is 0 Å². The number of anilines is 1. The molecule has 6 heteroatoms. The van der Waals surface area contributed by atoms with Gasteiger partial charge in [0.1, 0.15) is 11.8 Å². The highest BCUT2D eigenvalue weighted by Gasteiger charge is 2.23. The van der Waals surface area contributed by atoms with Gasteiger partial charge in [-0.05, 0) is 18.1 Å². The van der Waals surface area contributed by atoms with Crippen molar-refractivity contribution in [1.29, 1.82) is 0 Å². The minimum atomic E-state index is 0.318. The van der Waals surface area contributed by atoms with Gasteiger partial charge in [-0.15, -0.1) is 0 Å². The summed E-state index contributed by atoms with van der Waals surface area (Å²) in [5.41, 5.74) is 7.34. The molecule has 1 aliphatic carbocycles. The van der Waals surface area contributed by atoms with E-state index in [1.807, 2.05) is 18.1 Å². The van der Waals surface area contributed by atoms with E-state index in [9.17, 15) is 0 Å². The standard InChI is InChI=1S/C14H19N5S/c1-9(2)6-20-11-4-3-10(5-11)19-8-18-12-13(15)16-7-17-14(12)19/h3-4,7-11H,5-6H2,1-2H3,(H2,15,16,17)/t10-,11+/m0/s1. The maximum Gasteiger partial charge on any atom is 0.165 e. The van der Waals surface area contributed by atoms with Crippen molar-refractivity contribution in [3.8, 4) is 0 Å². The van der Waals surface area contributed by atoms with Crippen LogP contribution in [0.4, 0.5) is 5.82 Å². The summed E-state index contributed by atoms with van der Waals surface area (Å²) in [7, 11) is 0.